The number of carbonyl (C=O) groups is 1. The lowest BCUT2D eigenvalue weighted by Gasteiger charge is -2.03. The Morgan fingerprint density at radius 1 is 1.19 bits per heavy atom. The molecule has 1 aromatic carbocycles. The fourth-order valence-corrected chi connectivity index (χ4v) is 1.91. The van der Waals surface area contributed by atoms with Crippen LogP contribution in [0.4, 0.5) is 6.01 Å². The predicted molar refractivity (Wildman–Crippen MR) is 74.2 cm³/mol. The van der Waals surface area contributed by atoms with Gasteiger partial charge in [-0.15, -0.1) is 5.10 Å². The van der Waals surface area contributed by atoms with Gasteiger partial charge in [-0.3, -0.25) is 10.1 Å². The topological polar surface area (TPSA) is 94.1 Å². The lowest BCUT2D eigenvalue weighted by atomic mass is 10.2. The number of hydrogen-bond donors (Lipinski definition) is 1. The third-order valence-corrected chi connectivity index (χ3v) is 3.03. The van der Waals surface area contributed by atoms with Crippen molar-refractivity contribution < 1.29 is 13.7 Å². The number of rotatable bonds is 3. The van der Waals surface area contributed by atoms with Crippen molar-refractivity contribution >= 4 is 35.1 Å². The van der Waals surface area contributed by atoms with Gasteiger partial charge in [-0.1, -0.05) is 33.5 Å². The number of halogens is 2. The molecule has 9 heteroatoms. The van der Waals surface area contributed by atoms with Crippen LogP contribution in [0.1, 0.15) is 10.4 Å². The van der Waals surface area contributed by atoms with E-state index in [0.29, 0.717) is 10.8 Å². The highest BCUT2D eigenvalue weighted by Gasteiger charge is 2.16. The van der Waals surface area contributed by atoms with Crippen molar-refractivity contribution in [1.82, 2.24) is 15.4 Å². The van der Waals surface area contributed by atoms with Gasteiger partial charge in [-0.25, -0.2) is 0 Å². The molecule has 1 N–H and O–H groups in total. The maximum atomic E-state index is 12.1. The lowest BCUT2D eigenvalue weighted by Crippen LogP contribution is -2.12. The molecule has 0 fully saturated rings. The fraction of sp³-hybridized carbons (Fsp3) is 0. The third kappa shape index (κ3) is 2.88. The van der Waals surface area contributed by atoms with Crippen molar-refractivity contribution in [3.63, 3.8) is 0 Å². The highest BCUT2D eigenvalue weighted by atomic mass is 35.5. The first-order valence-electron chi connectivity index (χ1n) is 5.64. The van der Waals surface area contributed by atoms with Crippen LogP contribution >= 0.6 is 23.2 Å². The summed E-state index contributed by atoms with van der Waals surface area (Å²) in [5.41, 5.74) is 0.198. The summed E-state index contributed by atoms with van der Waals surface area (Å²) in [6.07, 6.45) is 1.43. The summed E-state index contributed by atoms with van der Waals surface area (Å²) in [6, 6.07) is 5.99. The Morgan fingerprint density at radius 3 is 2.81 bits per heavy atom. The van der Waals surface area contributed by atoms with E-state index in [4.69, 9.17) is 32.1 Å². The second kappa shape index (κ2) is 5.55. The Balaban J connectivity index is 1.80. The molecule has 0 spiro atoms. The molecule has 106 valence electrons. The van der Waals surface area contributed by atoms with E-state index < -0.39 is 5.91 Å². The first-order chi connectivity index (χ1) is 10.1. The molecule has 0 unspecified atom stereocenters. The summed E-state index contributed by atoms with van der Waals surface area (Å²) in [6.45, 7) is 0. The van der Waals surface area contributed by atoms with Crippen LogP contribution in [0.25, 0.3) is 11.7 Å². The standard InChI is InChI=1S/C12H6Cl2N4O3/c13-6-1-2-8(14)7(5-6)10(19)16-12-18-17-11(20-12)9-3-4-15-21-9/h1-5H,(H,16,18,19). The highest BCUT2D eigenvalue weighted by molar-refractivity contribution is 6.36. The fourth-order valence-electron chi connectivity index (χ4n) is 1.54. The zero-order valence-corrected chi connectivity index (χ0v) is 11.7. The Kier molecular flexibility index (Phi) is 3.59. The van der Waals surface area contributed by atoms with Crippen molar-refractivity contribution in [2.75, 3.05) is 5.32 Å². The van der Waals surface area contributed by atoms with E-state index in [-0.39, 0.29) is 22.5 Å². The molecule has 7 nitrogen and oxygen atoms in total. The van der Waals surface area contributed by atoms with Crippen LogP contribution < -0.4 is 5.32 Å². The van der Waals surface area contributed by atoms with Crippen molar-refractivity contribution in [2.45, 2.75) is 0 Å². The van der Waals surface area contributed by atoms with Gasteiger partial charge in [-0.05, 0) is 18.2 Å². The van der Waals surface area contributed by atoms with E-state index in [1.165, 1.54) is 18.3 Å². The van der Waals surface area contributed by atoms with Crippen LogP contribution in [-0.4, -0.2) is 21.3 Å². The SMILES string of the molecule is O=C(Nc1nnc(-c2ccno2)o1)c1cc(Cl)ccc1Cl. The summed E-state index contributed by atoms with van der Waals surface area (Å²) in [4.78, 5) is 12.1. The zero-order chi connectivity index (χ0) is 14.8. The van der Waals surface area contributed by atoms with Gasteiger partial charge in [0.25, 0.3) is 11.8 Å². The van der Waals surface area contributed by atoms with Crippen LogP contribution in [0.2, 0.25) is 10.0 Å². The molecule has 2 heterocycles. The van der Waals surface area contributed by atoms with Crippen LogP contribution in [0.3, 0.4) is 0 Å². The van der Waals surface area contributed by atoms with E-state index in [1.54, 1.807) is 12.1 Å². The summed E-state index contributed by atoms with van der Waals surface area (Å²) in [5, 5.41) is 14.0. The molecular weight excluding hydrogens is 319 g/mol. The average molecular weight is 325 g/mol. The Morgan fingerprint density at radius 2 is 2.05 bits per heavy atom. The van der Waals surface area contributed by atoms with Gasteiger partial charge in [0.2, 0.25) is 5.76 Å². The molecule has 0 bridgehead atoms. The van der Waals surface area contributed by atoms with Crippen LogP contribution in [0.5, 0.6) is 0 Å². The Bertz CT molecular complexity index is 786. The Labute approximate surface area is 127 Å². The highest BCUT2D eigenvalue weighted by Crippen LogP contribution is 2.23. The van der Waals surface area contributed by atoms with Crippen LogP contribution in [0, 0.1) is 0 Å². The van der Waals surface area contributed by atoms with Gasteiger partial charge < -0.3 is 8.94 Å². The number of carbonyl (C=O) groups excluding carboxylic acids is 1. The molecule has 3 aromatic rings. The maximum Gasteiger partial charge on any atom is 0.322 e. The molecule has 0 radical (unpaired) electrons. The minimum Gasteiger partial charge on any atom is -0.400 e. The van der Waals surface area contributed by atoms with Crippen molar-refractivity contribution in [2.24, 2.45) is 0 Å². The van der Waals surface area contributed by atoms with E-state index in [9.17, 15) is 4.79 Å². The minimum absolute atomic E-state index is 0.0950. The van der Waals surface area contributed by atoms with Gasteiger partial charge in [0, 0.05) is 11.1 Å². The molecule has 1 amide bonds. The van der Waals surface area contributed by atoms with Crippen LogP contribution in [0.15, 0.2) is 39.4 Å². The monoisotopic (exact) mass is 324 g/mol. The molecule has 0 aliphatic heterocycles. The van der Waals surface area contributed by atoms with E-state index >= 15 is 0 Å². The average Bonchev–Trinajstić information content (AvgIpc) is 3.11. The summed E-state index contributed by atoms with van der Waals surface area (Å²) < 4.78 is 10.1. The smallest absolute Gasteiger partial charge is 0.322 e. The number of aromatic nitrogens is 3. The van der Waals surface area contributed by atoms with Gasteiger partial charge >= 0.3 is 6.01 Å². The lowest BCUT2D eigenvalue weighted by molar-refractivity contribution is 0.102. The molecule has 3 rings (SSSR count). The second-order valence-electron chi connectivity index (χ2n) is 3.87. The van der Waals surface area contributed by atoms with Gasteiger partial charge in [0.1, 0.15) is 0 Å². The summed E-state index contributed by atoms with van der Waals surface area (Å²) >= 11 is 11.8. The Hall–Kier alpha value is -2.38. The minimum atomic E-state index is -0.518. The normalized spacial score (nSPS) is 10.6. The first kappa shape index (κ1) is 13.6. The number of hydrogen-bond acceptors (Lipinski definition) is 6. The van der Waals surface area contributed by atoms with Crippen molar-refractivity contribution in [3.05, 3.63) is 46.1 Å². The van der Waals surface area contributed by atoms with Gasteiger partial charge in [0.15, 0.2) is 0 Å². The summed E-state index contributed by atoms with van der Waals surface area (Å²) in [7, 11) is 0. The molecule has 0 aliphatic carbocycles. The molecule has 0 atom stereocenters. The van der Waals surface area contributed by atoms with Crippen molar-refractivity contribution in [3.8, 4) is 11.7 Å². The van der Waals surface area contributed by atoms with Gasteiger partial charge in [0.05, 0.1) is 16.8 Å². The number of nitrogens with zero attached hydrogens (tertiary/aromatic N) is 3. The van der Waals surface area contributed by atoms with E-state index in [1.807, 2.05) is 0 Å². The molecule has 0 aliphatic rings. The maximum absolute atomic E-state index is 12.1. The van der Waals surface area contributed by atoms with E-state index in [0.717, 1.165) is 0 Å². The third-order valence-electron chi connectivity index (χ3n) is 2.47. The molecule has 0 saturated heterocycles. The van der Waals surface area contributed by atoms with E-state index in [2.05, 4.69) is 20.7 Å². The first-order valence-corrected chi connectivity index (χ1v) is 6.40. The molecule has 21 heavy (non-hydrogen) atoms. The summed E-state index contributed by atoms with van der Waals surface area (Å²) in [5.74, 6) is -0.126. The number of nitrogens with one attached hydrogen (secondary N) is 1. The molecular formula is C12H6Cl2N4O3. The largest absolute Gasteiger partial charge is 0.400 e. The van der Waals surface area contributed by atoms with Crippen LogP contribution in [-0.2, 0) is 0 Å². The molecule has 0 saturated carbocycles. The molecule has 2 aromatic heterocycles. The second-order valence-corrected chi connectivity index (χ2v) is 4.71. The quantitative estimate of drug-likeness (QED) is 0.794. The predicted octanol–water partition coefficient (Wildman–Crippen LogP) is 3.28. The zero-order valence-electron chi connectivity index (χ0n) is 10.2. The number of amides is 1. The van der Waals surface area contributed by atoms with Gasteiger partial charge in [-0.2, -0.15) is 0 Å². The number of anilines is 1. The van der Waals surface area contributed by atoms with Crippen molar-refractivity contribution in [1.29, 1.82) is 0 Å². The number of benzene rings is 1.